The minimum absolute atomic E-state index is 0.0540. The zero-order valence-electron chi connectivity index (χ0n) is 10.1. The molecule has 0 saturated carbocycles. The molecule has 7 nitrogen and oxygen atoms in total. The van der Waals surface area contributed by atoms with E-state index in [0.29, 0.717) is 5.82 Å². The van der Waals surface area contributed by atoms with E-state index < -0.39 is 10.0 Å². The van der Waals surface area contributed by atoms with Crippen LogP contribution in [0.15, 0.2) is 29.4 Å². The molecular formula is C10H17N5O2S. The Hall–Kier alpha value is -1.67. The standard InChI is InChI=1S/C10H17N5O2S/c1-2-18(16,17)14-8-7-13-10(11)15-9-5-3-4-6-12-9/h3-6,14H,2,7-8H2,1H3,(H3,11,12,13,15). The van der Waals surface area contributed by atoms with Crippen molar-refractivity contribution in [2.75, 3.05) is 24.2 Å². The van der Waals surface area contributed by atoms with E-state index in [1.54, 1.807) is 25.3 Å². The van der Waals surface area contributed by atoms with E-state index in [2.05, 4.69) is 20.0 Å². The van der Waals surface area contributed by atoms with Gasteiger partial charge >= 0.3 is 0 Å². The molecule has 0 unspecified atom stereocenters. The molecule has 0 aliphatic rings. The van der Waals surface area contributed by atoms with Crippen LogP contribution in [-0.2, 0) is 10.0 Å². The van der Waals surface area contributed by atoms with Crippen molar-refractivity contribution in [2.45, 2.75) is 6.92 Å². The number of aliphatic imine (C=N–C) groups is 1. The lowest BCUT2D eigenvalue weighted by Gasteiger charge is -2.05. The first-order chi connectivity index (χ1) is 8.53. The molecule has 0 fully saturated rings. The highest BCUT2D eigenvalue weighted by Gasteiger charge is 2.03. The molecule has 0 aromatic carbocycles. The Morgan fingerprint density at radius 1 is 1.50 bits per heavy atom. The smallest absolute Gasteiger partial charge is 0.211 e. The number of rotatable bonds is 6. The van der Waals surface area contributed by atoms with Gasteiger partial charge in [0.25, 0.3) is 0 Å². The first kappa shape index (κ1) is 14.4. The zero-order chi connectivity index (χ0) is 13.4. The van der Waals surface area contributed by atoms with E-state index in [9.17, 15) is 8.42 Å². The summed E-state index contributed by atoms with van der Waals surface area (Å²) in [5.74, 6) is 0.843. The maximum Gasteiger partial charge on any atom is 0.211 e. The van der Waals surface area contributed by atoms with Gasteiger partial charge in [-0.15, -0.1) is 0 Å². The molecule has 0 bridgehead atoms. The van der Waals surface area contributed by atoms with Gasteiger partial charge in [0.15, 0.2) is 5.96 Å². The van der Waals surface area contributed by atoms with E-state index in [-0.39, 0.29) is 24.8 Å². The molecule has 1 heterocycles. The summed E-state index contributed by atoms with van der Waals surface area (Å²) in [6.07, 6.45) is 1.63. The van der Waals surface area contributed by atoms with Gasteiger partial charge in [-0.25, -0.2) is 18.1 Å². The summed E-state index contributed by atoms with van der Waals surface area (Å²) in [6, 6.07) is 5.36. The second kappa shape index (κ2) is 6.92. The second-order valence-electron chi connectivity index (χ2n) is 3.40. The maximum atomic E-state index is 11.1. The molecule has 1 rings (SSSR count). The number of nitrogens with zero attached hydrogens (tertiary/aromatic N) is 2. The molecule has 0 radical (unpaired) electrons. The van der Waals surface area contributed by atoms with Gasteiger partial charge in [0.05, 0.1) is 12.3 Å². The molecule has 4 N–H and O–H groups in total. The number of pyridine rings is 1. The SMILES string of the molecule is CCS(=O)(=O)NCCN=C(N)Nc1ccccn1. The molecule has 100 valence electrons. The van der Waals surface area contributed by atoms with Crippen LogP contribution in [0.4, 0.5) is 5.82 Å². The second-order valence-corrected chi connectivity index (χ2v) is 5.50. The predicted molar refractivity (Wildman–Crippen MR) is 71.8 cm³/mol. The van der Waals surface area contributed by atoms with E-state index in [4.69, 9.17) is 5.73 Å². The van der Waals surface area contributed by atoms with Crippen molar-refractivity contribution < 1.29 is 8.42 Å². The number of nitrogens with one attached hydrogen (secondary N) is 2. The molecule has 0 spiro atoms. The van der Waals surface area contributed by atoms with Crippen molar-refractivity contribution in [3.05, 3.63) is 24.4 Å². The number of hydrogen-bond donors (Lipinski definition) is 3. The molecule has 1 aromatic rings. The Morgan fingerprint density at radius 2 is 2.28 bits per heavy atom. The largest absolute Gasteiger partial charge is 0.370 e. The summed E-state index contributed by atoms with van der Waals surface area (Å²) in [6.45, 7) is 2.06. The number of guanidine groups is 1. The molecule has 0 saturated heterocycles. The van der Waals surface area contributed by atoms with Crippen molar-refractivity contribution in [2.24, 2.45) is 10.7 Å². The fourth-order valence-corrected chi connectivity index (χ4v) is 1.69. The molecule has 8 heteroatoms. The van der Waals surface area contributed by atoms with Crippen molar-refractivity contribution in [3.63, 3.8) is 0 Å². The van der Waals surface area contributed by atoms with Crippen LogP contribution >= 0.6 is 0 Å². The van der Waals surface area contributed by atoms with E-state index >= 15 is 0 Å². The van der Waals surface area contributed by atoms with Gasteiger partial charge in [0.1, 0.15) is 5.82 Å². The number of aromatic nitrogens is 1. The monoisotopic (exact) mass is 271 g/mol. The minimum Gasteiger partial charge on any atom is -0.370 e. The first-order valence-corrected chi connectivity index (χ1v) is 7.14. The summed E-state index contributed by atoms with van der Waals surface area (Å²) in [4.78, 5) is 7.99. The summed E-state index contributed by atoms with van der Waals surface area (Å²) in [5, 5.41) is 2.79. The highest BCUT2D eigenvalue weighted by Crippen LogP contribution is 1.98. The fraction of sp³-hybridized carbons (Fsp3) is 0.400. The third-order valence-corrected chi connectivity index (χ3v) is 3.42. The Kier molecular flexibility index (Phi) is 5.53. The molecule has 1 aromatic heterocycles. The number of hydrogen-bond acceptors (Lipinski definition) is 4. The van der Waals surface area contributed by atoms with E-state index in [1.165, 1.54) is 0 Å². The van der Waals surface area contributed by atoms with Crippen LogP contribution < -0.4 is 15.8 Å². The van der Waals surface area contributed by atoms with Gasteiger partial charge in [-0.3, -0.25) is 4.99 Å². The van der Waals surface area contributed by atoms with Crippen LogP contribution in [0.1, 0.15) is 6.92 Å². The van der Waals surface area contributed by atoms with Crippen LogP contribution in [-0.4, -0.2) is 38.2 Å². The van der Waals surface area contributed by atoms with E-state index in [1.807, 2.05) is 6.07 Å². The predicted octanol–water partition coefficient (Wildman–Crippen LogP) is -0.252. The van der Waals surface area contributed by atoms with Gasteiger partial charge in [-0.05, 0) is 19.1 Å². The minimum atomic E-state index is -3.17. The lowest BCUT2D eigenvalue weighted by atomic mass is 10.5. The van der Waals surface area contributed by atoms with Crippen LogP contribution in [0.2, 0.25) is 0 Å². The van der Waals surface area contributed by atoms with Gasteiger partial charge in [-0.1, -0.05) is 6.07 Å². The maximum absolute atomic E-state index is 11.1. The average Bonchev–Trinajstić information content (AvgIpc) is 2.36. The Labute approximate surface area is 107 Å². The normalized spacial score (nSPS) is 12.4. The van der Waals surface area contributed by atoms with Crippen molar-refractivity contribution >= 4 is 21.8 Å². The number of nitrogens with two attached hydrogens (primary N) is 1. The van der Waals surface area contributed by atoms with Crippen LogP contribution in [0, 0.1) is 0 Å². The Morgan fingerprint density at radius 3 is 2.89 bits per heavy atom. The Balaban J connectivity index is 2.35. The molecule has 0 atom stereocenters. The van der Waals surface area contributed by atoms with Gasteiger partial charge in [0, 0.05) is 12.7 Å². The van der Waals surface area contributed by atoms with Crippen molar-refractivity contribution in [3.8, 4) is 0 Å². The van der Waals surface area contributed by atoms with E-state index in [0.717, 1.165) is 0 Å². The van der Waals surface area contributed by atoms with Gasteiger partial charge in [0.2, 0.25) is 10.0 Å². The van der Waals surface area contributed by atoms with Crippen molar-refractivity contribution in [1.29, 1.82) is 0 Å². The first-order valence-electron chi connectivity index (χ1n) is 5.49. The lowest BCUT2D eigenvalue weighted by Crippen LogP contribution is -2.29. The summed E-state index contributed by atoms with van der Waals surface area (Å²) >= 11 is 0. The van der Waals surface area contributed by atoms with Gasteiger partial charge < -0.3 is 11.1 Å². The summed E-state index contributed by atoms with van der Waals surface area (Å²) in [7, 11) is -3.17. The molecule has 0 aliphatic carbocycles. The summed E-state index contributed by atoms with van der Waals surface area (Å²) < 4.78 is 24.6. The van der Waals surface area contributed by atoms with Gasteiger partial charge in [-0.2, -0.15) is 0 Å². The molecule has 0 amide bonds. The third-order valence-electron chi connectivity index (χ3n) is 2.02. The number of anilines is 1. The molecular weight excluding hydrogens is 254 g/mol. The third kappa shape index (κ3) is 5.60. The van der Waals surface area contributed by atoms with Crippen LogP contribution in [0.3, 0.4) is 0 Å². The fourth-order valence-electron chi connectivity index (χ4n) is 1.09. The van der Waals surface area contributed by atoms with Crippen LogP contribution in [0.5, 0.6) is 0 Å². The van der Waals surface area contributed by atoms with Crippen molar-refractivity contribution in [1.82, 2.24) is 9.71 Å². The average molecular weight is 271 g/mol. The Bertz CT molecular complexity index is 486. The molecule has 18 heavy (non-hydrogen) atoms. The quantitative estimate of drug-likeness (QED) is 0.375. The zero-order valence-corrected chi connectivity index (χ0v) is 10.9. The highest BCUT2D eigenvalue weighted by molar-refractivity contribution is 7.89. The molecule has 0 aliphatic heterocycles. The highest BCUT2D eigenvalue weighted by atomic mass is 32.2. The number of sulfonamides is 1. The lowest BCUT2D eigenvalue weighted by molar-refractivity contribution is 0.583. The van der Waals surface area contributed by atoms with Crippen LogP contribution in [0.25, 0.3) is 0 Å². The summed E-state index contributed by atoms with van der Waals surface area (Å²) in [5.41, 5.74) is 5.61. The topological polar surface area (TPSA) is 109 Å².